The summed E-state index contributed by atoms with van der Waals surface area (Å²) in [5, 5.41) is 3.34. The lowest BCUT2D eigenvalue weighted by Gasteiger charge is -2.09. The minimum atomic E-state index is -3.62. The molecule has 0 aliphatic heterocycles. The Balaban J connectivity index is 1.45. The van der Waals surface area contributed by atoms with Crippen LogP contribution >= 0.6 is 11.6 Å². The Kier molecular flexibility index (Phi) is 8.06. The summed E-state index contributed by atoms with van der Waals surface area (Å²) in [6.07, 6.45) is 0.760. The molecule has 0 bridgehead atoms. The van der Waals surface area contributed by atoms with Crippen molar-refractivity contribution in [1.82, 2.24) is 4.72 Å². The Labute approximate surface area is 187 Å². The highest BCUT2D eigenvalue weighted by Crippen LogP contribution is 2.16. The van der Waals surface area contributed by atoms with Crippen molar-refractivity contribution >= 4 is 33.2 Å². The van der Waals surface area contributed by atoms with Crippen molar-refractivity contribution in [1.29, 1.82) is 0 Å². The molecule has 8 heteroatoms. The second kappa shape index (κ2) is 10.9. The summed E-state index contributed by atoms with van der Waals surface area (Å²) in [5.74, 6) is 0.400. The molecule has 31 heavy (non-hydrogen) atoms. The molecule has 0 aliphatic carbocycles. The van der Waals surface area contributed by atoms with Gasteiger partial charge in [-0.15, -0.1) is 0 Å². The van der Waals surface area contributed by atoms with E-state index in [1.54, 1.807) is 36.4 Å². The molecule has 1 amide bonds. The molecule has 0 fully saturated rings. The van der Waals surface area contributed by atoms with Crippen LogP contribution < -0.4 is 14.8 Å². The van der Waals surface area contributed by atoms with Gasteiger partial charge < -0.3 is 10.1 Å². The third kappa shape index (κ3) is 7.40. The molecule has 2 N–H and O–H groups in total. The number of hydrogen-bond donors (Lipinski definition) is 2. The molecule has 0 unspecified atom stereocenters. The number of nitrogens with one attached hydrogen (secondary N) is 2. The minimum Gasteiger partial charge on any atom is -0.493 e. The Hall–Kier alpha value is -2.87. The maximum atomic E-state index is 12.4. The first-order valence-corrected chi connectivity index (χ1v) is 11.6. The maximum Gasteiger partial charge on any atom is 0.240 e. The number of hydrogen-bond acceptors (Lipinski definition) is 4. The van der Waals surface area contributed by atoms with Crippen molar-refractivity contribution in [3.63, 3.8) is 0 Å². The molecule has 0 heterocycles. The van der Waals surface area contributed by atoms with E-state index in [2.05, 4.69) is 10.0 Å². The standard InChI is InChI=1S/C23H23ClN2O4S/c24-19-6-10-21(11-7-19)30-17-15-23(27)26-20-8-12-22(13-9-20)31(28,29)25-16-14-18-4-2-1-3-5-18/h1-13,25H,14-17H2,(H,26,27). The minimum absolute atomic E-state index is 0.143. The second-order valence-corrected chi connectivity index (χ2v) is 8.96. The van der Waals surface area contributed by atoms with E-state index in [9.17, 15) is 13.2 Å². The third-order valence-corrected chi connectivity index (χ3v) is 6.14. The number of amides is 1. The van der Waals surface area contributed by atoms with Crippen molar-refractivity contribution in [2.75, 3.05) is 18.5 Å². The largest absolute Gasteiger partial charge is 0.493 e. The Morgan fingerprint density at radius 3 is 2.26 bits per heavy atom. The summed E-state index contributed by atoms with van der Waals surface area (Å²) >= 11 is 5.81. The van der Waals surface area contributed by atoms with E-state index in [1.165, 1.54) is 12.1 Å². The molecular formula is C23H23ClN2O4S. The smallest absolute Gasteiger partial charge is 0.240 e. The summed E-state index contributed by atoms with van der Waals surface area (Å²) < 4.78 is 32.9. The monoisotopic (exact) mass is 458 g/mol. The summed E-state index contributed by atoms with van der Waals surface area (Å²) in [4.78, 5) is 12.2. The molecule has 6 nitrogen and oxygen atoms in total. The van der Waals surface area contributed by atoms with Gasteiger partial charge in [-0.1, -0.05) is 41.9 Å². The molecule has 3 rings (SSSR count). The highest BCUT2D eigenvalue weighted by Gasteiger charge is 2.13. The van der Waals surface area contributed by atoms with Crippen molar-refractivity contribution in [2.24, 2.45) is 0 Å². The first kappa shape index (κ1) is 22.8. The highest BCUT2D eigenvalue weighted by atomic mass is 35.5. The van der Waals surface area contributed by atoms with Gasteiger partial charge in [-0.25, -0.2) is 13.1 Å². The number of rotatable bonds is 10. The van der Waals surface area contributed by atoms with E-state index < -0.39 is 10.0 Å². The normalized spacial score (nSPS) is 11.1. The van der Waals surface area contributed by atoms with Gasteiger partial charge in [-0.3, -0.25) is 4.79 Å². The van der Waals surface area contributed by atoms with Gasteiger partial charge in [-0.2, -0.15) is 0 Å². The van der Waals surface area contributed by atoms with Gasteiger partial charge in [0.1, 0.15) is 5.75 Å². The van der Waals surface area contributed by atoms with Crippen LogP contribution in [-0.2, 0) is 21.2 Å². The van der Waals surface area contributed by atoms with Crippen molar-refractivity contribution < 1.29 is 17.9 Å². The average molecular weight is 459 g/mol. The van der Waals surface area contributed by atoms with Gasteiger partial charge in [0.15, 0.2) is 0 Å². The van der Waals surface area contributed by atoms with Gasteiger partial charge >= 0.3 is 0 Å². The molecule has 0 saturated heterocycles. The van der Waals surface area contributed by atoms with Crippen LogP contribution in [0.4, 0.5) is 5.69 Å². The Morgan fingerprint density at radius 1 is 0.903 bits per heavy atom. The lowest BCUT2D eigenvalue weighted by Crippen LogP contribution is -2.26. The number of carbonyl (C=O) groups is 1. The molecular weight excluding hydrogens is 436 g/mol. The van der Waals surface area contributed by atoms with Crippen LogP contribution in [0.5, 0.6) is 5.75 Å². The topological polar surface area (TPSA) is 84.5 Å². The van der Waals surface area contributed by atoms with Gasteiger partial charge in [-0.05, 0) is 60.5 Å². The zero-order valence-corrected chi connectivity index (χ0v) is 18.3. The van der Waals surface area contributed by atoms with Crippen LogP contribution in [0.15, 0.2) is 83.8 Å². The van der Waals surface area contributed by atoms with E-state index in [0.29, 0.717) is 29.4 Å². The SMILES string of the molecule is O=C(CCOc1ccc(Cl)cc1)Nc1ccc(S(=O)(=O)NCCc2ccccc2)cc1. The van der Waals surface area contributed by atoms with E-state index in [-0.39, 0.29) is 23.8 Å². The summed E-state index contributed by atoms with van der Waals surface area (Å²) in [6.45, 7) is 0.518. The summed E-state index contributed by atoms with van der Waals surface area (Å²) in [7, 11) is -3.62. The van der Waals surface area contributed by atoms with Crippen LogP contribution in [0.3, 0.4) is 0 Å². The predicted molar refractivity (Wildman–Crippen MR) is 122 cm³/mol. The Morgan fingerprint density at radius 2 is 1.58 bits per heavy atom. The molecule has 0 saturated carbocycles. The third-order valence-electron chi connectivity index (χ3n) is 4.41. The van der Waals surface area contributed by atoms with E-state index in [4.69, 9.17) is 16.3 Å². The van der Waals surface area contributed by atoms with Gasteiger partial charge in [0.05, 0.1) is 17.9 Å². The van der Waals surface area contributed by atoms with E-state index in [0.717, 1.165) is 5.56 Å². The first-order chi connectivity index (χ1) is 14.9. The fraction of sp³-hybridized carbons (Fsp3) is 0.174. The lowest BCUT2D eigenvalue weighted by atomic mass is 10.2. The predicted octanol–water partition coefficient (Wildman–Crippen LogP) is 4.27. The van der Waals surface area contributed by atoms with Crippen LogP contribution in [-0.4, -0.2) is 27.5 Å². The fourth-order valence-electron chi connectivity index (χ4n) is 2.79. The quantitative estimate of drug-likeness (QED) is 0.475. The second-order valence-electron chi connectivity index (χ2n) is 6.76. The summed E-state index contributed by atoms with van der Waals surface area (Å²) in [6, 6.07) is 22.6. The first-order valence-electron chi connectivity index (χ1n) is 9.74. The van der Waals surface area contributed by atoms with Crippen molar-refractivity contribution in [2.45, 2.75) is 17.7 Å². The van der Waals surface area contributed by atoms with Crippen molar-refractivity contribution in [3.8, 4) is 5.75 Å². The number of benzene rings is 3. The van der Waals surface area contributed by atoms with E-state index in [1.807, 2.05) is 30.3 Å². The molecule has 0 aromatic heterocycles. The number of halogens is 1. The lowest BCUT2D eigenvalue weighted by molar-refractivity contribution is -0.116. The van der Waals surface area contributed by atoms with E-state index >= 15 is 0 Å². The van der Waals surface area contributed by atoms with Crippen LogP contribution in [0.25, 0.3) is 0 Å². The van der Waals surface area contributed by atoms with Crippen LogP contribution in [0.1, 0.15) is 12.0 Å². The molecule has 3 aromatic rings. The number of ether oxygens (including phenoxy) is 1. The molecule has 3 aromatic carbocycles. The number of sulfonamides is 1. The number of anilines is 1. The molecule has 0 spiro atoms. The summed E-state index contributed by atoms with van der Waals surface area (Å²) in [5.41, 5.74) is 1.57. The van der Waals surface area contributed by atoms with Gasteiger partial charge in [0.25, 0.3) is 0 Å². The highest BCUT2D eigenvalue weighted by molar-refractivity contribution is 7.89. The molecule has 162 valence electrons. The van der Waals surface area contributed by atoms with Gasteiger partial charge in [0, 0.05) is 17.3 Å². The zero-order chi connectivity index (χ0) is 22.1. The van der Waals surface area contributed by atoms with Gasteiger partial charge in [0.2, 0.25) is 15.9 Å². The zero-order valence-electron chi connectivity index (χ0n) is 16.8. The van der Waals surface area contributed by atoms with Crippen LogP contribution in [0, 0.1) is 0 Å². The Bertz CT molecular complexity index is 1090. The maximum absolute atomic E-state index is 12.4. The average Bonchev–Trinajstić information content (AvgIpc) is 2.76. The number of carbonyl (C=O) groups excluding carboxylic acids is 1. The molecule has 0 aliphatic rings. The van der Waals surface area contributed by atoms with Crippen LogP contribution in [0.2, 0.25) is 5.02 Å². The fourth-order valence-corrected chi connectivity index (χ4v) is 3.95. The molecule has 0 radical (unpaired) electrons. The van der Waals surface area contributed by atoms with Crippen molar-refractivity contribution in [3.05, 3.63) is 89.4 Å². The molecule has 0 atom stereocenters.